The highest BCUT2D eigenvalue weighted by molar-refractivity contribution is 4.72. The summed E-state index contributed by atoms with van der Waals surface area (Å²) in [5.74, 6) is 0.255. The summed E-state index contributed by atoms with van der Waals surface area (Å²) >= 11 is 0. The van der Waals surface area contributed by atoms with Crippen LogP contribution in [0.5, 0.6) is 0 Å². The Morgan fingerprint density at radius 1 is 2.00 bits per heavy atom. The van der Waals surface area contributed by atoms with E-state index in [0.717, 1.165) is 0 Å². The fourth-order valence-corrected chi connectivity index (χ4v) is 0.0745. The molecule has 0 rings (SSSR count). The van der Waals surface area contributed by atoms with Gasteiger partial charge in [0.1, 0.15) is 0 Å². The van der Waals surface area contributed by atoms with Crippen molar-refractivity contribution in [2.24, 2.45) is 5.92 Å². The lowest BCUT2D eigenvalue weighted by atomic mass is 10.2. The van der Waals surface area contributed by atoms with Crippen molar-refractivity contribution in [1.29, 1.82) is 0 Å². The van der Waals surface area contributed by atoms with Crippen molar-refractivity contribution >= 4 is 0 Å². The van der Waals surface area contributed by atoms with Gasteiger partial charge < -0.3 is 5.11 Å². The number of hydrogen-bond donors (Lipinski definition) is 1. The Kier molecular flexibility index (Phi) is 2.77. The topological polar surface area (TPSA) is 20.2 Å². The van der Waals surface area contributed by atoms with Gasteiger partial charge >= 0.3 is 0 Å². The molecule has 6 heavy (non-hydrogen) atoms. The first-order valence-corrected chi connectivity index (χ1v) is 2.04. The van der Waals surface area contributed by atoms with Gasteiger partial charge in [0.25, 0.3) is 0 Å². The van der Waals surface area contributed by atoms with E-state index >= 15 is 0 Å². The number of rotatable bonds is 2. The summed E-state index contributed by atoms with van der Waals surface area (Å²) in [6, 6.07) is 0. The van der Waals surface area contributed by atoms with Crippen LogP contribution in [0.1, 0.15) is 6.92 Å². The minimum atomic E-state index is 0.212. The Morgan fingerprint density at radius 2 is 2.50 bits per heavy atom. The molecule has 0 unspecified atom stereocenters. The van der Waals surface area contributed by atoms with Crippen LogP contribution >= 0.6 is 0 Å². The summed E-state index contributed by atoms with van der Waals surface area (Å²) in [5.41, 5.74) is 0. The molecule has 0 saturated heterocycles. The monoisotopic (exact) mass is 86.1 g/mol. The molecule has 0 aromatic carbocycles. The molecule has 1 N–H and O–H groups in total. The highest BCUT2D eigenvalue weighted by Gasteiger charge is 1.85. The number of hydrogen-bond acceptors (Lipinski definition) is 1. The van der Waals surface area contributed by atoms with E-state index in [0.29, 0.717) is 0 Å². The maximum absolute atomic E-state index is 8.26. The third-order valence-electron chi connectivity index (χ3n) is 0.690. The Hall–Kier alpha value is -0.300. The van der Waals surface area contributed by atoms with Crippen LogP contribution in [-0.2, 0) is 0 Å². The Morgan fingerprint density at radius 3 is 2.50 bits per heavy atom. The average Bonchev–Trinajstić information content (AvgIpc) is 1.65. The lowest BCUT2D eigenvalue weighted by molar-refractivity contribution is 0.262. The van der Waals surface area contributed by atoms with Gasteiger partial charge in [0.2, 0.25) is 0 Å². The first kappa shape index (κ1) is 5.70. The summed E-state index contributed by atoms with van der Waals surface area (Å²) in [6.07, 6.45) is 1.72. The van der Waals surface area contributed by atoms with Gasteiger partial charge in [-0.2, -0.15) is 0 Å². The largest absolute Gasteiger partial charge is 0.396 e. The molecular weight excluding hydrogens is 76.1 g/mol. The fraction of sp³-hybridized carbons (Fsp3) is 0.600. The standard InChI is InChI=1S/C5H10O/c1-3-5(2)4-6/h3,5-6H,1,4H2,2H3/t5-/m0/s1. The van der Waals surface area contributed by atoms with Gasteiger partial charge in [0, 0.05) is 6.61 Å². The summed E-state index contributed by atoms with van der Waals surface area (Å²) in [5, 5.41) is 8.26. The highest BCUT2D eigenvalue weighted by Crippen LogP contribution is 1.89. The van der Waals surface area contributed by atoms with Crippen molar-refractivity contribution in [3.05, 3.63) is 12.7 Å². The van der Waals surface area contributed by atoms with Gasteiger partial charge in [-0.25, -0.2) is 0 Å². The molecule has 0 spiro atoms. The van der Waals surface area contributed by atoms with Crippen LogP contribution in [-0.4, -0.2) is 11.7 Å². The number of aliphatic hydroxyl groups excluding tert-OH is 1. The first-order chi connectivity index (χ1) is 2.81. The quantitative estimate of drug-likeness (QED) is 0.493. The van der Waals surface area contributed by atoms with E-state index < -0.39 is 0 Å². The summed E-state index contributed by atoms with van der Waals surface area (Å²) in [7, 11) is 0. The maximum Gasteiger partial charge on any atom is 0.0491 e. The zero-order valence-electron chi connectivity index (χ0n) is 4.02. The SMILES string of the molecule is C=C[C@H](C)CO. The Labute approximate surface area is 38.3 Å². The smallest absolute Gasteiger partial charge is 0.0491 e. The van der Waals surface area contributed by atoms with Crippen molar-refractivity contribution in [2.45, 2.75) is 6.92 Å². The highest BCUT2D eigenvalue weighted by atomic mass is 16.3. The molecule has 1 nitrogen and oxygen atoms in total. The molecule has 0 aliphatic rings. The molecule has 0 fully saturated rings. The van der Waals surface area contributed by atoms with Crippen LogP contribution in [0.15, 0.2) is 12.7 Å². The van der Waals surface area contributed by atoms with E-state index in [-0.39, 0.29) is 12.5 Å². The van der Waals surface area contributed by atoms with Crippen LogP contribution in [0, 0.1) is 5.92 Å². The molecule has 36 valence electrons. The molecule has 0 aromatic rings. The molecule has 0 aromatic heterocycles. The second kappa shape index (κ2) is 2.91. The van der Waals surface area contributed by atoms with Gasteiger partial charge in [0.05, 0.1) is 0 Å². The zero-order chi connectivity index (χ0) is 4.99. The third-order valence-corrected chi connectivity index (χ3v) is 0.690. The Balaban J connectivity index is 2.96. The average molecular weight is 86.1 g/mol. The first-order valence-electron chi connectivity index (χ1n) is 2.04. The molecular formula is C5H10O. The fourth-order valence-electron chi connectivity index (χ4n) is 0.0745. The molecule has 0 bridgehead atoms. The molecule has 0 saturated carbocycles. The predicted octanol–water partition coefficient (Wildman–Crippen LogP) is 0.801. The molecule has 0 amide bonds. The van der Waals surface area contributed by atoms with Crippen molar-refractivity contribution in [3.63, 3.8) is 0 Å². The minimum absolute atomic E-state index is 0.212. The normalized spacial score (nSPS) is 13.7. The second-order valence-corrected chi connectivity index (χ2v) is 1.40. The lowest BCUT2D eigenvalue weighted by Gasteiger charge is -1.93. The van der Waals surface area contributed by atoms with Gasteiger partial charge in [-0.3, -0.25) is 0 Å². The maximum atomic E-state index is 8.26. The molecule has 1 heteroatoms. The molecule has 0 heterocycles. The summed E-state index contributed by atoms with van der Waals surface area (Å²) in [6.45, 7) is 5.59. The van der Waals surface area contributed by atoms with Gasteiger partial charge in [-0.1, -0.05) is 13.0 Å². The van der Waals surface area contributed by atoms with Crippen molar-refractivity contribution in [1.82, 2.24) is 0 Å². The molecule has 0 aliphatic carbocycles. The second-order valence-electron chi connectivity index (χ2n) is 1.40. The van der Waals surface area contributed by atoms with E-state index in [1.165, 1.54) is 0 Å². The summed E-state index contributed by atoms with van der Waals surface area (Å²) in [4.78, 5) is 0. The van der Waals surface area contributed by atoms with Crippen LogP contribution in [0.4, 0.5) is 0 Å². The van der Waals surface area contributed by atoms with E-state index in [4.69, 9.17) is 5.11 Å². The van der Waals surface area contributed by atoms with Crippen molar-refractivity contribution in [2.75, 3.05) is 6.61 Å². The van der Waals surface area contributed by atoms with Crippen LogP contribution < -0.4 is 0 Å². The van der Waals surface area contributed by atoms with Gasteiger partial charge in [-0.05, 0) is 5.92 Å². The van der Waals surface area contributed by atoms with Crippen molar-refractivity contribution < 1.29 is 5.11 Å². The predicted molar refractivity (Wildman–Crippen MR) is 26.4 cm³/mol. The van der Waals surface area contributed by atoms with Crippen LogP contribution in [0.25, 0.3) is 0 Å². The Bertz CT molecular complexity index is 41.2. The van der Waals surface area contributed by atoms with Crippen LogP contribution in [0.3, 0.4) is 0 Å². The van der Waals surface area contributed by atoms with Gasteiger partial charge in [0.15, 0.2) is 0 Å². The third kappa shape index (κ3) is 1.97. The van der Waals surface area contributed by atoms with E-state index in [9.17, 15) is 0 Å². The minimum Gasteiger partial charge on any atom is -0.396 e. The molecule has 0 aliphatic heterocycles. The number of aliphatic hydroxyl groups is 1. The van der Waals surface area contributed by atoms with E-state index in [2.05, 4.69) is 6.58 Å². The molecule has 1 atom stereocenters. The van der Waals surface area contributed by atoms with E-state index in [1.54, 1.807) is 6.08 Å². The zero-order valence-corrected chi connectivity index (χ0v) is 4.02. The van der Waals surface area contributed by atoms with Crippen LogP contribution in [0.2, 0.25) is 0 Å². The summed E-state index contributed by atoms with van der Waals surface area (Å²) < 4.78 is 0. The lowest BCUT2D eigenvalue weighted by Crippen LogP contribution is -1.93. The van der Waals surface area contributed by atoms with Crippen molar-refractivity contribution in [3.8, 4) is 0 Å². The van der Waals surface area contributed by atoms with E-state index in [1.807, 2.05) is 6.92 Å². The van der Waals surface area contributed by atoms with Gasteiger partial charge in [-0.15, -0.1) is 6.58 Å². The molecule has 0 radical (unpaired) electrons.